The molecule has 0 spiro atoms. The number of ether oxygens (including phenoxy) is 1. The van der Waals surface area contributed by atoms with Crippen molar-refractivity contribution in [2.45, 2.75) is 51.7 Å². The van der Waals surface area contributed by atoms with Gasteiger partial charge in [-0.1, -0.05) is 12.1 Å². The molecular weight excluding hydrogens is 298 g/mol. The second kappa shape index (κ2) is 8.32. The van der Waals surface area contributed by atoms with E-state index in [4.69, 9.17) is 4.74 Å². The lowest BCUT2D eigenvalue weighted by atomic mass is 9.95. The van der Waals surface area contributed by atoms with Crippen molar-refractivity contribution >= 4 is 0 Å². The summed E-state index contributed by atoms with van der Waals surface area (Å²) in [7, 11) is 6.14. The number of rotatable bonds is 7. The number of hydrogen-bond donors (Lipinski definition) is 1. The molecular formula is C20H35N3O. The van der Waals surface area contributed by atoms with Crippen LogP contribution >= 0.6 is 0 Å². The molecule has 4 heteroatoms. The molecule has 0 aliphatic carbocycles. The highest BCUT2D eigenvalue weighted by Gasteiger charge is 2.30. The van der Waals surface area contributed by atoms with Gasteiger partial charge in [-0.2, -0.15) is 0 Å². The number of piperidine rings is 1. The number of methoxy groups -OCH3 is 1. The molecule has 2 rings (SSSR count). The number of hydrogen-bond acceptors (Lipinski definition) is 4. The summed E-state index contributed by atoms with van der Waals surface area (Å²) in [4.78, 5) is 5.00. The molecule has 0 bridgehead atoms. The van der Waals surface area contributed by atoms with Crippen LogP contribution in [0.2, 0.25) is 0 Å². The quantitative estimate of drug-likeness (QED) is 0.830. The molecule has 0 amide bonds. The summed E-state index contributed by atoms with van der Waals surface area (Å²) in [6.45, 7) is 11.0. The van der Waals surface area contributed by atoms with Crippen LogP contribution in [0.4, 0.5) is 0 Å². The van der Waals surface area contributed by atoms with E-state index in [1.54, 1.807) is 7.11 Å². The second-order valence-corrected chi connectivity index (χ2v) is 7.91. The van der Waals surface area contributed by atoms with E-state index in [2.05, 4.69) is 68.2 Å². The molecule has 1 aromatic rings. The van der Waals surface area contributed by atoms with Crippen molar-refractivity contribution in [3.8, 4) is 5.75 Å². The predicted octanol–water partition coefficient (Wildman–Crippen LogP) is 2.90. The van der Waals surface area contributed by atoms with E-state index in [-0.39, 0.29) is 5.54 Å². The van der Waals surface area contributed by atoms with E-state index in [0.717, 1.165) is 24.9 Å². The summed E-state index contributed by atoms with van der Waals surface area (Å²) in [5.41, 5.74) is 2.64. The Hall–Kier alpha value is -1.10. The van der Waals surface area contributed by atoms with Gasteiger partial charge in [0.2, 0.25) is 0 Å². The third-order valence-electron chi connectivity index (χ3n) is 5.37. The van der Waals surface area contributed by atoms with E-state index in [9.17, 15) is 0 Å². The molecule has 1 aliphatic heterocycles. The lowest BCUT2D eigenvalue weighted by molar-refractivity contribution is 0.0616. The van der Waals surface area contributed by atoms with Crippen LogP contribution in [0, 0.1) is 6.92 Å². The van der Waals surface area contributed by atoms with E-state index < -0.39 is 0 Å². The fourth-order valence-electron chi connectivity index (χ4n) is 3.60. The molecule has 0 unspecified atom stereocenters. The highest BCUT2D eigenvalue weighted by molar-refractivity contribution is 5.37. The first-order valence-corrected chi connectivity index (χ1v) is 9.09. The smallest absolute Gasteiger partial charge is 0.123 e. The van der Waals surface area contributed by atoms with Gasteiger partial charge in [0.15, 0.2) is 0 Å². The van der Waals surface area contributed by atoms with Crippen LogP contribution in [0.15, 0.2) is 18.2 Å². The van der Waals surface area contributed by atoms with Crippen molar-refractivity contribution in [3.63, 3.8) is 0 Å². The molecule has 1 fully saturated rings. The Morgan fingerprint density at radius 3 is 2.50 bits per heavy atom. The van der Waals surface area contributed by atoms with Gasteiger partial charge in [0.25, 0.3) is 0 Å². The zero-order valence-electron chi connectivity index (χ0n) is 16.4. The molecule has 0 aromatic heterocycles. The maximum atomic E-state index is 5.50. The van der Waals surface area contributed by atoms with Gasteiger partial charge in [0.1, 0.15) is 5.75 Å². The van der Waals surface area contributed by atoms with Crippen LogP contribution in [0.3, 0.4) is 0 Å². The van der Waals surface area contributed by atoms with Crippen LogP contribution in [-0.2, 0) is 6.54 Å². The van der Waals surface area contributed by atoms with Gasteiger partial charge in [0.05, 0.1) is 7.11 Å². The summed E-state index contributed by atoms with van der Waals surface area (Å²) in [6, 6.07) is 7.16. The van der Waals surface area contributed by atoms with Gasteiger partial charge in [-0.25, -0.2) is 0 Å². The average molecular weight is 334 g/mol. The predicted molar refractivity (Wildman–Crippen MR) is 102 cm³/mol. The highest BCUT2D eigenvalue weighted by Crippen LogP contribution is 2.23. The highest BCUT2D eigenvalue weighted by atomic mass is 16.5. The van der Waals surface area contributed by atoms with Crippen LogP contribution in [0.5, 0.6) is 5.75 Å². The van der Waals surface area contributed by atoms with Crippen LogP contribution in [-0.4, -0.2) is 62.2 Å². The Balaban J connectivity index is 1.85. The van der Waals surface area contributed by atoms with Crippen molar-refractivity contribution in [1.82, 2.24) is 15.1 Å². The van der Waals surface area contributed by atoms with Crippen molar-refractivity contribution in [2.75, 3.05) is 40.8 Å². The first-order chi connectivity index (χ1) is 11.3. The Morgan fingerprint density at radius 2 is 1.92 bits per heavy atom. The SMILES string of the molecule is COc1cc(C)ccc1CNCC(C)(C)N1CCC(N(C)C)CC1. The zero-order chi connectivity index (χ0) is 17.7. The van der Waals surface area contributed by atoms with Gasteiger partial charge in [-0.15, -0.1) is 0 Å². The van der Waals surface area contributed by atoms with Crippen molar-refractivity contribution < 1.29 is 4.74 Å². The number of aryl methyl sites for hydroxylation is 1. The molecule has 24 heavy (non-hydrogen) atoms. The summed E-state index contributed by atoms with van der Waals surface area (Å²) >= 11 is 0. The molecule has 1 N–H and O–H groups in total. The number of benzene rings is 1. The van der Waals surface area contributed by atoms with Gasteiger partial charge in [0, 0.05) is 43.3 Å². The molecule has 1 saturated heterocycles. The molecule has 0 saturated carbocycles. The number of likely N-dealkylation sites (tertiary alicyclic amines) is 1. The molecule has 1 aromatic carbocycles. The zero-order valence-corrected chi connectivity index (χ0v) is 16.4. The fourth-order valence-corrected chi connectivity index (χ4v) is 3.60. The van der Waals surface area contributed by atoms with E-state index >= 15 is 0 Å². The molecule has 136 valence electrons. The third kappa shape index (κ3) is 4.95. The molecule has 1 heterocycles. The largest absolute Gasteiger partial charge is 0.496 e. The molecule has 1 aliphatic rings. The molecule has 0 atom stereocenters. The Labute approximate surface area is 148 Å². The van der Waals surface area contributed by atoms with Gasteiger partial charge >= 0.3 is 0 Å². The average Bonchev–Trinajstić information content (AvgIpc) is 2.56. The van der Waals surface area contributed by atoms with Crippen molar-refractivity contribution in [1.29, 1.82) is 0 Å². The van der Waals surface area contributed by atoms with Crippen LogP contribution in [0.25, 0.3) is 0 Å². The van der Waals surface area contributed by atoms with E-state index in [1.165, 1.54) is 37.1 Å². The molecule has 4 nitrogen and oxygen atoms in total. The minimum Gasteiger partial charge on any atom is -0.496 e. The lowest BCUT2D eigenvalue weighted by Gasteiger charge is -2.44. The van der Waals surface area contributed by atoms with E-state index in [0.29, 0.717) is 0 Å². The van der Waals surface area contributed by atoms with Crippen molar-refractivity contribution in [2.24, 2.45) is 0 Å². The fraction of sp³-hybridized carbons (Fsp3) is 0.700. The van der Waals surface area contributed by atoms with Crippen molar-refractivity contribution in [3.05, 3.63) is 29.3 Å². The second-order valence-electron chi connectivity index (χ2n) is 7.91. The normalized spacial score (nSPS) is 17.5. The Morgan fingerprint density at radius 1 is 1.25 bits per heavy atom. The standard InChI is InChI=1S/C20H35N3O/c1-16-7-8-17(19(13-16)24-6)14-21-15-20(2,3)23-11-9-18(10-12-23)22(4)5/h7-8,13,18,21H,9-12,14-15H2,1-6H3. The van der Waals surface area contributed by atoms with Gasteiger partial charge in [-0.3, -0.25) is 4.90 Å². The maximum absolute atomic E-state index is 5.50. The topological polar surface area (TPSA) is 27.7 Å². The van der Waals surface area contributed by atoms with Gasteiger partial charge in [-0.05, 0) is 59.3 Å². The van der Waals surface area contributed by atoms with Crippen LogP contribution in [0.1, 0.15) is 37.8 Å². The minimum atomic E-state index is 0.176. The monoisotopic (exact) mass is 333 g/mol. The first-order valence-electron chi connectivity index (χ1n) is 9.09. The summed E-state index contributed by atoms with van der Waals surface area (Å²) in [5.74, 6) is 0.979. The minimum absolute atomic E-state index is 0.176. The number of nitrogens with one attached hydrogen (secondary N) is 1. The maximum Gasteiger partial charge on any atom is 0.123 e. The lowest BCUT2D eigenvalue weighted by Crippen LogP contribution is -2.55. The van der Waals surface area contributed by atoms with Crippen LogP contribution < -0.4 is 10.1 Å². The van der Waals surface area contributed by atoms with Gasteiger partial charge < -0.3 is 15.0 Å². The molecule has 0 radical (unpaired) electrons. The van der Waals surface area contributed by atoms with E-state index in [1.807, 2.05) is 0 Å². The first kappa shape index (κ1) is 19.2. The third-order valence-corrected chi connectivity index (χ3v) is 5.37. The number of nitrogens with zero attached hydrogens (tertiary/aromatic N) is 2. The summed E-state index contributed by atoms with van der Waals surface area (Å²) < 4.78 is 5.50. The Kier molecular flexibility index (Phi) is 6.67. The summed E-state index contributed by atoms with van der Waals surface area (Å²) in [6.07, 6.45) is 2.53. The summed E-state index contributed by atoms with van der Waals surface area (Å²) in [5, 5.41) is 3.64. The Bertz CT molecular complexity index is 520.